The summed E-state index contributed by atoms with van der Waals surface area (Å²) in [6, 6.07) is 16.5. The third-order valence-corrected chi connectivity index (χ3v) is 4.94. The quantitative estimate of drug-likeness (QED) is 0.245. The highest BCUT2D eigenvalue weighted by Gasteiger charge is 2.06. The Morgan fingerprint density at radius 3 is 2.45 bits per heavy atom. The van der Waals surface area contributed by atoms with Gasteiger partial charge in [-0.05, 0) is 54.7 Å². The normalized spacial score (nSPS) is 12.0. The van der Waals surface area contributed by atoms with E-state index in [2.05, 4.69) is 58.8 Å². The van der Waals surface area contributed by atoms with Crippen molar-refractivity contribution in [3.63, 3.8) is 0 Å². The first-order valence-corrected chi connectivity index (χ1v) is 10.3. The molecule has 0 radical (unpaired) electrons. The summed E-state index contributed by atoms with van der Waals surface area (Å²) in [5, 5.41) is 10.9. The van der Waals surface area contributed by atoms with Crippen LogP contribution in [0.2, 0.25) is 0 Å². The first-order valence-electron chi connectivity index (χ1n) is 10.3. The first-order chi connectivity index (χ1) is 14.7. The number of methoxy groups -OCH3 is 1. The van der Waals surface area contributed by atoms with E-state index in [0.29, 0.717) is 12.5 Å². The Hall–Kier alpha value is -2.62. The van der Waals surface area contributed by atoms with Crippen LogP contribution < -0.4 is 15.4 Å². The second kappa shape index (κ2) is 12.9. The zero-order valence-electron chi connectivity index (χ0n) is 18.3. The van der Waals surface area contributed by atoms with E-state index in [9.17, 15) is 0 Å². The monoisotopic (exact) mass is 534 g/mol. The van der Waals surface area contributed by atoms with Crippen molar-refractivity contribution in [1.82, 2.24) is 25.4 Å². The van der Waals surface area contributed by atoms with Crippen molar-refractivity contribution in [2.75, 3.05) is 20.2 Å². The largest absolute Gasteiger partial charge is 0.497 e. The minimum atomic E-state index is 0. The van der Waals surface area contributed by atoms with Crippen molar-refractivity contribution >= 4 is 29.9 Å². The van der Waals surface area contributed by atoms with Crippen LogP contribution >= 0.6 is 24.0 Å². The topological polar surface area (TPSA) is 76.4 Å². The number of halogens is 1. The summed E-state index contributed by atoms with van der Waals surface area (Å²) in [5.41, 5.74) is 3.44. The second-order valence-corrected chi connectivity index (χ2v) is 7.09. The maximum absolute atomic E-state index is 5.23. The second-order valence-electron chi connectivity index (χ2n) is 7.09. The highest BCUT2D eigenvalue weighted by molar-refractivity contribution is 14.0. The fraction of sp³-hybridized carbons (Fsp3) is 0.348. The van der Waals surface area contributed by atoms with Crippen molar-refractivity contribution in [3.05, 3.63) is 72.3 Å². The van der Waals surface area contributed by atoms with Gasteiger partial charge in [-0.3, -0.25) is 0 Å². The Morgan fingerprint density at radius 1 is 1.10 bits per heavy atom. The van der Waals surface area contributed by atoms with Gasteiger partial charge in [0.15, 0.2) is 5.96 Å². The van der Waals surface area contributed by atoms with Crippen molar-refractivity contribution in [2.24, 2.45) is 4.99 Å². The van der Waals surface area contributed by atoms with Crippen LogP contribution in [0.1, 0.15) is 37.3 Å². The van der Waals surface area contributed by atoms with E-state index in [1.54, 1.807) is 18.1 Å². The summed E-state index contributed by atoms with van der Waals surface area (Å²) in [4.78, 5) is 8.69. The van der Waals surface area contributed by atoms with Gasteiger partial charge >= 0.3 is 0 Å². The zero-order valence-corrected chi connectivity index (χ0v) is 20.6. The van der Waals surface area contributed by atoms with Gasteiger partial charge in [0, 0.05) is 13.1 Å². The molecule has 1 atom stereocenters. The van der Waals surface area contributed by atoms with Gasteiger partial charge in [0.2, 0.25) is 0 Å². The van der Waals surface area contributed by atoms with Crippen LogP contribution in [0.4, 0.5) is 0 Å². The molecule has 0 fully saturated rings. The van der Waals surface area contributed by atoms with Crippen LogP contribution in [0.3, 0.4) is 0 Å². The Morgan fingerprint density at radius 2 is 1.84 bits per heavy atom. The Balaban J connectivity index is 0.00000341. The molecule has 0 aliphatic carbocycles. The van der Waals surface area contributed by atoms with Crippen molar-refractivity contribution < 1.29 is 4.74 Å². The van der Waals surface area contributed by atoms with Crippen LogP contribution in [0.5, 0.6) is 5.75 Å². The molecule has 0 saturated carbocycles. The van der Waals surface area contributed by atoms with E-state index in [-0.39, 0.29) is 24.0 Å². The first kappa shape index (κ1) is 24.6. The molecule has 0 spiro atoms. The van der Waals surface area contributed by atoms with E-state index in [0.717, 1.165) is 42.5 Å². The molecule has 2 N–H and O–H groups in total. The standard InChI is InChI=1S/C23H30N6O.HI/c1-4-25-23(26-14-13-18(2)20-7-11-22(30-3)12-8-20)27-15-19-5-9-21(10-6-19)29-17-24-16-28-29;/h5-12,16-18H,4,13-15H2,1-3H3,(H2,25,26,27);1H. The number of aromatic nitrogens is 3. The summed E-state index contributed by atoms with van der Waals surface area (Å²) in [5.74, 6) is 2.18. The van der Waals surface area contributed by atoms with Crippen LogP contribution in [0.25, 0.3) is 5.69 Å². The van der Waals surface area contributed by atoms with E-state index in [1.165, 1.54) is 11.9 Å². The van der Waals surface area contributed by atoms with Gasteiger partial charge in [-0.1, -0.05) is 31.2 Å². The zero-order chi connectivity index (χ0) is 21.2. The molecule has 0 aliphatic rings. The molecule has 166 valence electrons. The van der Waals surface area contributed by atoms with Gasteiger partial charge in [0.05, 0.1) is 19.3 Å². The van der Waals surface area contributed by atoms with Crippen molar-refractivity contribution in [1.29, 1.82) is 0 Å². The smallest absolute Gasteiger partial charge is 0.191 e. The van der Waals surface area contributed by atoms with E-state index in [4.69, 9.17) is 9.73 Å². The number of nitrogens with zero attached hydrogens (tertiary/aromatic N) is 4. The maximum atomic E-state index is 5.23. The van der Waals surface area contributed by atoms with Crippen LogP contribution in [0, 0.1) is 0 Å². The fourth-order valence-electron chi connectivity index (χ4n) is 3.11. The number of hydrogen-bond acceptors (Lipinski definition) is 4. The fourth-order valence-corrected chi connectivity index (χ4v) is 3.11. The Labute approximate surface area is 201 Å². The number of guanidine groups is 1. The van der Waals surface area contributed by atoms with Gasteiger partial charge in [0.1, 0.15) is 18.4 Å². The molecule has 1 heterocycles. The highest BCUT2D eigenvalue weighted by atomic mass is 127. The molecular weight excluding hydrogens is 503 g/mol. The Bertz CT molecular complexity index is 910. The number of aliphatic imine (C=N–C) groups is 1. The molecule has 1 unspecified atom stereocenters. The molecular formula is C23H31IN6O. The number of benzene rings is 2. The number of rotatable bonds is 9. The van der Waals surface area contributed by atoms with Crippen LogP contribution in [-0.2, 0) is 6.54 Å². The third-order valence-electron chi connectivity index (χ3n) is 4.94. The lowest BCUT2D eigenvalue weighted by molar-refractivity contribution is 0.414. The molecule has 0 bridgehead atoms. The van der Waals surface area contributed by atoms with E-state index >= 15 is 0 Å². The minimum absolute atomic E-state index is 0. The van der Waals surface area contributed by atoms with Crippen molar-refractivity contribution in [2.45, 2.75) is 32.7 Å². The van der Waals surface area contributed by atoms with Crippen LogP contribution in [0.15, 0.2) is 66.2 Å². The van der Waals surface area contributed by atoms with Gasteiger partial charge in [-0.2, -0.15) is 5.10 Å². The lowest BCUT2D eigenvalue weighted by Crippen LogP contribution is -2.38. The SMILES string of the molecule is CCNC(=NCc1ccc(-n2cncn2)cc1)NCCC(C)c1ccc(OC)cc1.I. The number of ether oxygens (including phenoxy) is 1. The maximum Gasteiger partial charge on any atom is 0.191 e. The lowest BCUT2D eigenvalue weighted by Gasteiger charge is -2.15. The van der Waals surface area contributed by atoms with E-state index in [1.807, 2.05) is 24.3 Å². The molecule has 2 aromatic carbocycles. The number of nitrogens with one attached hydrogen (secondary N) is 2. The minimum Gasteiger partial charge on any atom is -0.497 e. The van der Waals surface area contributed by atoms with Gasteiger partial charge in [0.25, 0.3) is 0 Å². The average Bonchev–Trinajstić information content (AvgIpc) is 3.33. The molecule has 0 saturated heterocycles. The molecule has 1 aromatic heterocycles. The molecule has 7 nitrogen and oxygen atoms in total. The van der Waals surface area contributed by atoms with Crippen LogP contribution in [-0.4, -0.2) is 40.9 Å². The Kier molecular flexibility index (Phi) is 10.3. The predicted octanol–water partition coefficient (Wildman–Crippen LogP) is 4.14. The summed E-state index contributed by atoms with van der Waals surface area (Å²) in [6.07, 6.45) is 4.23. The molecule has 0 amide bonds. The van der Waals surface area contributed by atoms with Gasteiger partial charge in [-0.15, -0.1) is 24.0 Å². The molecule has 31 heavy (non-hydrogen) atoms. The van der Waals surface area contributed by atoms with E-state index < -0.39 is 0 Å². The molecule has 0 aliphatic heterocycles. The average molecular weight is 534 g/mol. The number of hydrogen-bond donors (Lipinski definition) is 2. The third kappa shape index (κ3) is 7.54. The van der Waals surface area contributed by atoms with Crippen molar-refractivity contribution in [3.8, 4) is 11.4 Å². The molecule has 3 rings (SSSR count). The lowest BCUT2D eigenvalue weighted by atomic mass is 9.98. The highest BCUT2D eigenvalue weighted by Crippen LogP contribution is 2.21. The summed E-state index contributed by atoms with van der Waals surface area (Å²) >= 11 is 0. The summed E-state index contributed by atoms with van der Waals surface area (Å²) in [7, 11) is 1.69. The summed E-state index contributed by atoms with van der Waals surface area (Å²) < 4.78 is 6.97. The molecule has 8 heteroatoms. The van der Waals surface area contributed by atoms with Gasteiger partial charge in [-0.25, -0.2) is 14.7 Å². The molecule has 3 aromatic rings. The summed E-state index contributed by atoms with van der Waals surface area (Å²) in [6.45, 7) is 6.60. The van der Waals surface area contributed by atoms with Gasteiger partial charge < -0.3 is 15.4 Å². The predicted molar refractivity (Wildman–Crippen MR) is 136 cm³/mol.